The number of fused-ring (bicyclic) bond motifs is 1. The Hall–Kier alpha value is -2.21. The third kappa shape index (κ3) is 3.80. The van der Waals surface area contributed by atoms with Crippen LogP contribution in [0.1, 0.15) is 27.7 Å². The van der Waals surface area contributed by atoms with Crippen molar-refractivity contribution in [2.45, 2.75) is 38.9 Å². The minimum absolute atomic E-state index is 0.620. The van der Waals surface area contributed by atoms with Gasteiger partial charge in [0, 0.05) is 5.39 Å². The molecule has 0 unspecified atom stereocenters. The van der Waals surface area contributed by atoms with E-state index in [1.54, 1.807) is 33.8 Å². The van der Waals surface area contributed by atoms with E-state index in [4.69, 9.17) is 9.64 Å². The second-order valence-corrected chi connectivity index (χ2v) is 7.55. The molecule has 0 saturated heterocycles. The second kappa shape index (κ2) is 6.84. The highest BCUT2D eigenvalue weighted by atomic mass is 16.5. The van der Waals surface area contributed by atoms with E-state index in [0.717, 1.165) is 22.2 Å². The Labute approximate surface area is 154 Å². The molecule has 2 N–H and O–H groups in total. The van der Waals surface area contributed by atoms with Crippen molar-refractivity contribution < 1.29 is 14.8 Å². The quantitative estimate of drug-likeness (QED) is 0.695. The van der Waals surface area contributed by atoms with Crippen molar-refractivity contribution in [2.75, 3.05) is 0 Å². The van der Waals surface area contributed by atoms with Gasteiger partial charge in [0.1, 0.15) is 0 Å². The fraction of sp³-hybridized carbons (Fsp3) is 0.286. The largest absolute Gasteiger partial charge is 0.491 e. The SMILES string of the molecule is CC(C)(O)C(C)(C)OB(O)c1cccc(-c2ccc3ccccc3n2)c1. The lowest BCUT2D eigenvalue weighted by molar-refractivity contribution is -0.0982. The van der Waals surface area contributed by atoms with E-state index in [2.05, 4.69) is 0 Å². The van der Waals surface area contributed by atoms with Gasteiger partial charge in [0.05, 0.1) is 22.4 Å². The first-order valence-corrected chi connectivity index (χ1v) is 8.72. The number of hydrogen-bond acceptors (Lipinski definition) is 4. The molecule has 2 aromatic carbocycles. The Bertz CT molecular complexity index is 918. The van der Waals surface area contributed by atoms with E-state index in [1.165, 1.54) is 0 Å². The number of nitrogens with zero attached hydrogens (tertiary/aromatic N) is 1. The zero-order chi connectivity index (χ0) is 18.9. The summed E-state index contributed by atoms with van der Waals surface area (Å²) in [7, 11) is -1.14. The van der Waals surface area contributed by atoms with Crippen molar-refractivity contribution in [3.05, 3.63) is 60.7 Å². The van der Waals surface area contributed by atoms with Crippen LogP contribution in [0.4, 0.5) is 0 Å². The van der Waals surface area contributed by atoms with Crippen LogP contribution in [0, 0.1) is 0 Å². The summed E-state index contributed by atoms with van der Waals surface area (Å²) in [5.41, 5.74) is 1.27. The van der Waals surface area contributed by atoms with Crippen LogP contribution in [0.3, 0.4) is 0 Å². The van der Waals surface area contributed by atoms with E-state index < -0.39 is 18.3 Å². The summed E-state index contributed by atoms with van der Waals surface area (Å²) in [5, 5.41) is 21.8. The number of pyridine rings is 1. The number of para-hydroxylation sites is 1. The highest BCUT2D eigenvalue weighted by Gasteiger charge is 2.39. The standard InChI is InChI=1S/C21H24BNO3/c1-20(2,24)21(3,4)26-22(25)17-10-7-9-16(14-17)19-13-12-15-8-5-6-11-18(15)23-19/h5-14,24-25H,1-4H3. The highest BCUT2D eigenvalue weighted by molar-refractivity contribution is 6.60. The summed E-state index contributed by atoms with van der Waals surface area (Å²) in [6.45, 7) is 6.83. The third-order valence-electron chi connectivity index (χ3n) is 4.95. The molecule has 0 aliphatic rings. The van der Waals surface area contributed by atoms with E-state index in [-0.39, 0.29) is 0 Å². The number of aromatic nitrogens is 1. The van der Waals surface area contributed by atoms with Crippen molar-refractivity contribution in [1.82, 2.24) is 4.98 Å². The summed E-state index contributed by atoms with van der Waals surface area (Å²) in [5.74, 6) is 0. The minimum atomic E-state index is -1.14. The van der Waals surface area contributed by atoms with Crippen molar-refractivity contribution in [3.63, 3.8) is 0 Å². The Kier molecular flexibility index (Phi) is 4.89. The van der Waals surface area contributed by atoms with E-state index in [0.29, 0.717) is 5.46 Å². The molecule has 0 saturated carbocycles. The molecule has 0 amide bonds. The summed E-state index contributed by atoms with van der Waals surface area (Å²) in [6.07, 6.45) is 0. The molecule has 0 aliphatic heterocycles. The molecule has 0 aliphatic carbocycles. The Balaban J connectivity index is 1.90. The van der Waals surface area contributed by atoms with Gasteiger partial charge < -0.3 is 14.8 Å². The van der Waals surface area contributed by atoms with E-state index >= 15 is 0 Å². The fourth-order valence-electron chi connectivity index (χ4n) is 2.57. The maximum Gasteiger partial charge on any atom is 0.491 e. The smallest absolute Gasteiger partial charge is 0.423 e. The van der Waals surface area contributed by atoms with Gasteiger partial charge in [-0.05, 0) is 50.9 Å². The van der Waals surface area contributed by atoms with Gasteiger partial charge in [-0.2, -0.15) is 0 Å². The van der Waals surface area contributed by atoms with Gasteiger partial charge in [-0.25, -0.2) is 4.98 Å². The Morgan fingerprint density at radius 2 is 1.65 bits per heavy atom. The molecule has 0 atom stereocenters. The predicted octanol–water partition coefficient (Wildman–Crippen LogP) is 3.16. The average molecular weight is 349 g/mol. The molecule has 134 valence electrons. The number of benzene rings is 2. The molecular weight excluding hydrogens is 325 g/mol. The van der Waals surface area contributed by atoms with Gasteiger partial charge in [-0.15, -0.1) is 0 Å². The zero-order valence-electron chi connectivity index (χ0n) is 15.6. The van der Waals surface area contributed by atoms with Gasteiger partial charge in [0.2, 0.25) is 0 Å². The Morgan fingerprint density at radius 1 is 0.923 bits per heavy atom. The molecule has 1 aromatic heterocycles. The summed E-state index contributed by atoms with van der Waals surface area (Å²) in [6, 6.07) is 19.4. The number of hydrogen-bond donors (Lipinski definition) is 2. The minimum Gasteiger partial charge on any atom is -0.423 e. The highest BCUT2D eigenvalue weighted by Crippen LogP contribution is 2.26. The first-order valence-electron chi connectivity index (χ1n) is 8.72. The van der Waals surface area contributed by atoms with E-state index in [1.807, 2.05) is 54.6 Å². The van der Waals surface area contributed by atoms with Crippen molar-refractivity contribution >= 4 is 23.5 Å². The van der Waals surface area contributed by atoms with Crippen LogP contribution >= 0.6 is 0 Å². The molecule has 0 spiro atoms. The zero-order valence-corrected chi connectivity index (χ0v) is 15.6. The average Bonchev–Trinajstić information content (AvgIpc) is 2.60. The summed E-state index contributed by atoms with van der Waals surface area (Å²) in [4.78, 5) is 4.70. The predicted molar refractivity (Wildman–Crippen MR) is 106 cm³/mol. The van der Waals surface area contributed by atoms with Gasteiger partial charge in [0.25, 0.3) is 0 Å². The fourth-order valence-corrected chi connectivity index (χ4v) is 2.57. The molecular formula is C21H24BNO3. The molecule has 3 aromatic rings. The van der Waals surface area contributed by atoms with Gasteiger partial charge in [-0.1, -0.05) is 48.5 Å². The molecule has 26 heavy (non-hydrogen) atoms. The first kappa shape index (κ1) is 18.6. The maximum absolute atomic E-state index is 10.5. The van der Waals surface area contributed by atoms with Gasteiger partial charge in [0.15, 0.2) is 0 Å². The van der Waals surface area contributed by atoms with Crippen LogP contribution in [0.25, 0.3) is 22.2 Å². The van der Waals surface area contributed by atoms with Crippen LogP contribution in [-0.4, -0.2) is 33.4 Å². The summed E-state index contributed by atoms with van der Waals surface area (Å²) >= 11 is 0. The molecule has 3 rings (SSSR count). The van der Waals surface area contributed by atoms with Gasteiger partial charge >= 0.3 is 7.12 Å². The van der Waals surface area contributed by atoms with E-state index in [9.17, 15) is 10.1 Å². The van der Waals surface area contributed by atoms with Crippen LogP contribution < -0.4 is 5.46 Å². The molecule has 0 fully saturated rings. The van der Waals surface area contributed by atoms with Gasteiger partial charge in [-0.3, -0.25) is 0 Å². The second-order valence-electron chi connectivity index (χ2n) is 7.55. The number of rotatable bonds is 5. The lowest BCUT2D eigenvalue weighted by Crippen LogP contribution is -2.53. The monoisotopic (exact) mass is 349 g/mol. The lowest BCUT2D eigenvalue weighted by Gasteiger charge is -2.38. The van der Waals surface area contributed by atoms with Crippen LogP contribution in [0.15, 0.2) is 60.7 Å². The molecule has 5 heteroatoms. The first-order chi connectivity index (χ1) is 12.2. The summed E-state index contributed by atoms with van der Waals surface area (Å²) < 4.78 is 5.73. The molecule has 1 heterocycles. The number of aliphatic hydroxyl groups is 1. The maximum atomic E-state index is 10.5. The Morgan fingerprint density at radius 3 is 2.38 bits per heavy atom. The van der Waals surface area contributed by atoms with Crippen molar-refractivity contribution in [1.29, 1.82) is 0 Å². The van der Waals surface area contributed by atoms with Crippen LogP contribution in [-0.2, 0) is 4.65 Å². The van der Waals surface area contributed by atoms with Crippen molar-refractivity contribution in [3.8, 4) is 11.3 Å². The van der Waals surface area contributed by atoms with Crippen molar-refractivity contribution in [2.24, 2.45) is 0 Å². The third-order valence-corrected chi connectivity index (χ3v) is 4.95. The normalized spacial score (nSPS) is 12.4. The molecule has 0 bridgehead atoms. The molecule has 4 nitrogen and oxygen atoms in total. The molecule has 0 radical (unpaired) electrons. The topological polar surface area (TPSA) is 62.6 Å². The van der Waals surface area contributed by atoms with Crippen LogP contribution in [0.5, 0.6) is 0 Å². The van der Waals surface area contributed by atoms with Crippen LogP contribution in [0.2, 0.25) is 0 Å². The lowest BCUT2D eigenvalue weighted by atomic mass is 9.76.